The zero-order valence-corrected chi connectivity index (χ0v) is 9.36. The molecule has 0 fully saturated rings. The molecule has 3 heteroatoms. The number of nitrogens with zero attached hydrogens (tertiary/aromatic N) is 1. The van der Waals surface area contributed by atoms with E-state index in [1.54, 1.807) is 0 Å². The normalized spacial score (nSPS) is 10.0. The van der Waals surface area contributed by atoms with Crippen molar-refractivity contribution in [2.75, 3.05) is 18.5 Å². The second kappa shape index (κ2) is 5.39. The molecule has 0 heterocycles. The van der Waals surface area contributed by atoms with Gasteiger partial charge < -0.3 is 10.6 Å². The number of amides is 1. The Balaban J connectivity index is 2.66. The van der Waals surface area contributed by atoms with Gasteiger partial charge in [-0.1, -0.05) is 25.5 Å². The average Bonchev–Trinajstić information content (AvgIpc) is 2.18. The Hall–Kier alpha value is -1.51. The number of hydrogen-bond donors (Lipinski definition) is 1. The predicted octanol–water partition coefficient (Wildman–Crippen LogP) is 1.56. The number of primary amides is 1. The number of aryl methyl sites for hydroxylation is 1. The van der Waals surface area contributed by atoms with E-state index in [2.05, 4.69) is 19.1 Å². The van der Waals surface area contributed by atoms with Crippen molar-refractivity contribution in [2.45, 2.75) is 19.8 Å². The van der Waals surface area contributed by atoms with Crippen LogP contribution in [0.2, 0.25) is 0 Å². The number of carbonyl (C=O) groups excluding carboxylic acids is 1. The quantitative estimate of drug-likeness (QED) is 0.794. The Morgan fingerprint density at radius 3 is 2.40 bits per heavy atom. The van der Waals surface area contributed by atoms with E-state index < -0.39 is 0 Å². The van der Waals surface area contributed by atoms with Crippen molar-refractivity contribution >= 4 is 11.6 Å². The number of benzene rings is 1. The Morgan fingerprint density at radius 2 is 1.93 bits per heavy atom. The molecule has 3 nitrogen and oxygen atoms in total. The number of likely N-dealkylation sites (N-methyl/N-ethyl adjacent to an activating group) is 1. The minimum atomic E-state index is -0.310. The molecule has 0 saturated heterocycles. The summed E-state index contributed by atoms with van der Waals surface area (Å²) in [7, 11) is 1.86. The summed E-state index contributed by atoms with van der Waals surface area (Å²) < 4.78 is 0. The summed E-state index contributed by atoms with van der Waals surface area (Å²) in [6.07, 6.45) is 2.25. The van der Waals surface area contributed by atoms with Crippen molar-refractivity contribution in [3.63, 3.8) is 0 Å². The first kappa shape index (κ1) is 11.6. The van der Waals surface area contributed by atoms with Gasteiger partial charge in [0, 0.05) is 12.7 Å². The van der Waals surface area contributed by atoms with Crippen LogP contribution in [-0.2, 0) is 11.2 Å². The zero-order valence-electron chi connectivity index (χ0n) is 9.36. The van der Waals surface area contributed by atoms with Crippen LogP contribution in [-0.4, -0.2) is 19.5 Å². The number of carbonyl (C=O) groups is 1. The van der Waals surface area contributed by atoms with Crippen molar-refractivity contribution in [2.24, 2.45) is 5.73 Å². The lowest BCUT2D eigenvalue weighted by atomic mass is 10.1. The van der Waals surface area contributed by atoms with Gasteiger partial charge in [-0.3, -0.25) is 4.79 Å². The molecule has 1 aromatic carbocycles. The molecule has 0 saturated carbocycles. The molecule has 1 amide bonds. The van der Waals surface area contributed by atoms with Crippen LogP contribution in [0.1, 0.15) is 18.9 Å². The fourth-order valence-corrected chi connectivity index (χ4v) is 1.53. The number of nitrogens with two attached hydrogens (primary N) is 1. The molecule has 0 spiro atoms. The molecule has 0 aliphatic carbocycles. The van der Waals surface area contributed by atoms with Crippen LogP contribution >= 0.6 is 0 Å². The van der Waals surface area contributed by atoms with Crippen molar-refractivity contribution in [1.82, 2.24) is 0 Å². The van der Waals surface area contributed by atoms with Gasteiger partial charge >= 0.3 is 0 Å². The summed E-state index contributed by atoms with van der Waals surface area (Å²) in [4.78, 5) is 12.6. The Morgan fingerprint density at radius 1 is 1.33 bits per heavy atom. The molecule has 0 aliphatic rings. The minimum Gasteiger partial charge on any atom is -0.368 e. The molecule has 0 unspecified atom stereocenters. The number of hydrogen-bond acceptors (Lipinski definition) is 2. The van der Waals surface area contributed by atoms with Gasteiger partial charge in [-0.25, -0.2) is 0 Å². The van der Waals surface area contributed by atoms with E-state index in [1.807, 2.05) is 24.1 Å². The highest BCUT2D eigenvalue weighted by Crippen LogP contribution is 2.14. The van der Waals surface area contributed by atoms with Crippen LogP contribution in [0.3, 0.4) is 0 Å². The first-order valence-corrected chi connectivity index (χ1v) is 5.22. The monoisotopic (exact) mass is 206 g/mol. The average molecular weight is 206 g/mol. The summed E-state index contributed by atoms with van der Waals surface area (Å²) in [5.41, 5.74) is 7.48. The third kappa shape index (κ3) is 3.62. The van der Waals surface area contributed by atoms with E-state index in [9.17, 15) is 4.79 Å². The van der Waals surface area contributed by atoms with Crippen molar-refractivity contribution in [3.8, 4) is 0 Å². The molecule has 0 atom stereocenters. The standard InChI is InChI=1S/C12H18N2O/c1-3-4-10-5-7-11(8-6-10)14(2)9-12(13)15/h5-8H,3-4,9H2,1-2H3,(H2,13,15). The first-order valence-electron chi connectivity index (χ1n) is 5.22. The Kier molecular flexibility index (Phi) is 4.16. The molecular formula is C12H18N2O. The van der Waals surface area contributed by atoms with Gasteiger partial charge in [0.15, 0.2) is 0 Å². The van der Waals surface area contributed by atoms with Gasteiger partial charge in [-0.2, -0.15) is 0 Å². The maximum Gasteiger partial charge on any atom is 0.236 e. The molecule has 1 rings (SSSR count). The van der Waals surface area contributed by atoms with Crippen LogP contribution in [0.15, 0.2) is 24.3 Å². The SMILES string of the molecule is CCCc1ccc(N(C)CC(N)=O)cc1. The van der Waals surface area contributed by atoms with Gasteiger partial charge in [0.05, 0.1) is 6.54 Å². The molecular weight excluding hydrogens is 188 g/mol. The second-order valence-electron chi connectivity index (χ2n) is 3.74. The largest absolute Gasteiger partial charge is 0.368 e. The molecule has 0 radical (unpaired) electrons. The van der Waals surface area contributed by atoms with E-state index in [1.165, 1.54) is 5.56 Å². The molecule has 0 aromatic heterocycles. The Labute approximate surface area is 90.9 Å². The van der Waals surface area contributed by atoms with Crippen LogP contribution in [0, 0.1) is 0 Å². The summed E-state index contributed by atoms with van der Waals surface area (Å²) in [6.45, 7) is 2.42. The minimum absolute atomic E-state index is 0.257. The van der Waals surface area contributed by atoms with Crippen LogP contribution in [0.25, 0.3) is 0 Å². The van der Waals surface area contributed by atoms with Crippen molar-refractivity contribution < 1.29 is 4.79 Å². The fourth-order valence-electron chi connectivity index (χ4n) is 1.53. The third-order valence-electron chi connectivity index (χ3n) is 2.31. The van der Waals surface area contributed by atoms with Gasteiger partial charge in [-0.05, 0) is 24.1 Å². The predicted molar refractivity (Wildman–Crippen MR) is 62.9 cm³/mol. The lowest BCUT2D eigenvalue weighted by Gasteiger charge is -2.17. The highest BCUT2D eigenvalue weighted by Gasteiger charge is 2.03. The topological polar surface area (TPSA) is 46.3 Å². The Bertz CT molecular complexity index is 319. The van der Waals surface area contributed by atoms with Gasteiger partial charge in [-0.15, -0.1) is 0 Å². The first-order chi connectivity index (χ1) is 7.13. The number of anilines is 1. The van der Waals surface area contributed by atoms with E-state index >= 15 is 0 Å². The number of rotatable bonds is 5. The molecule has 1 aromatic rings. The molecule has 82 valence electrons. The van der Waals surface area contributed by atoms with Crippen LogP contribution in [0.4, 0.5) is 5.69 Å². The van der Waals surface area contributed by atoms with E-state index in [0.717, 1.165) is 18.5 Å². The second-order valence-corrected chi connectivity index (χ2v) is 3.74. The summed E-state index contributed by atoms with van der Waals surface area (Å²) in [5.74, 6) is -0.310. The van der Waals surface area contributed by atoms with Crippen LogP contribution in [0.5, 0.6) is 0 Å². The maximum absolute atomic E-state index is 10.7. The summed E-state index contributed by atoms with van der Waals surface area (Å²) in [5, 5.41) is 0. The highest BCUT2D eigenvalue weighted by molar-refractivity contribution is 5.79. The summed E-state index contributed by atoms with van der Waals surface area (Å²) in [6, 6.07) is 8.23. The van der Waals surface area contributed by atoms with Crippen molar-refractivity contribution in [3.05, 3.63) is 29.8 Å². The van der Waals surface area contributed by atoms with E-state index in [4.69, 9.17) is 5.73 Å². The smallest absolute Gasteiger partial charge is 0.236 e. The van der Waals surface area contributed by atoms with Gasteiger partial charge in [0.2, 0.25) is 5.91 Å². The van der Waals surface area contributed by atoms with Crippen LogP contribution < -0.4 is 10.6 Å². The fraction of sp³-hybridized carbons (Fsp3) is 0.417. The molecule has 15 heavy (non-hydrogen) atoms. The highest BCUT2D eigenvalue weighted by atomic mass is 16.1. The maximum atomic E-state index is 10.7. The lowest BCUT2D eigenvalue weighted by Crippen LogP contribution is -2.30. The third-order valence-corrected chi connectivity index (χ3v) is 2.31. The van der Waals surface area contributed by atoms with Gasteiger partial charge in [0.1, 0.15) is 0 Å². The molecule has 2 N–H and O–H groups in total. The molecule has 0 bridgehead atoms. The molecule has 0 aliphatic heterocycles. The lowest BCUT2D eigenvalue weighted by molar-refractivity contribution is -0.116. The van der Waals surface area contributed by atoms with Gasteiger partial charge in [0.25, 0.3) is 0 Å². The van der Waals surface area contributed by atoms with E-state index in [0.29, 0.717) is 0 Å². The summed E-state index contributed by atoms with van der Waals surface area (Å²) >= 11 is 0. The van der Waals surface area contributed by atoms with Crippen molar-refractivity contribution in [1.29, 1.82) is 0 Å². The van der Waals surface area contributed by atoms with E-state index in [-0.39, 0.29) is 12.5 Å². The zero-order chi connectivity index (χ0) is 11.3.